The fourth-order valence-electron chi connectivity index (χ4n) is 1.77. The molecule has 20 heavy (non-hydrogen) atoms. The maximum Gasteiger partial charge on any atom is 0.254 e. The number of aryl methyl sites for hydroxylation is 1. The van der Waals surface area contributed by atoms with E-state index in [0.29, 0.717) is 37.7 Å². The zero-order chi connectivity index (χ0) is 15.0. The van der Waals surface area contributed by atoms with Gasteiger partial charge in [0.1, 0.15) is 5.82 Å². The molecule has 0 saturated carbocycles. The second kappa shape index (κ2) is 8.47. The molecule has 0 spiro atoms. The first-order chi connectivity index (χ1) is 9.62. The molecule has 1 aromatic heterocycles. The average molecular weight is 282 g/mol. The van der Waals surface area contributed by atoms with Gasteiger partial charge < -0.3 is 19.8 Å². The summed E-state index contributed by atoms with van der Waals surface area (Å²) in [7, 11) is 3.21. The Morgan fingerprint density at radius 2 is 1.90 bits per heavy atom. The Balaban J connectivity index is 2.89. The van der Waals surface area contributed by atoms with E-state index in [4.69, 9.17) is 15.3 Å². The molecule has 7 nitrogen and oxygen atoms in total. The first-order valence-electron chi connectivity index (χ1n) is 6.34. The van der Waals surface area contributed by atoms with Crippen molar-refractivity contribution in [3.05, 3.63) is 23.4 Å². The second-order valence-electron chi connectivity index (χ2n) is 4.30. The van der Waals surface area contributed by atoms with E-state index >= 15 is 0 Å². The van der Waals surface area contributed by atoms with Crippen LogP contribution in [0.2, 0.25) is 0 Å². The van der Waals surface area contributed by atoms with Crippen molar-refractivity contribution < 1.29 is 14.3 Å². The topological polar surface area (TPSA) is 89.7 Å². The zero-order valence-corrected chi connectivity index (χ0v) is 12.2. The van der Waals surface area contributed by atoms with Gasteiger partial charge in [-0.2, -0.15) is 0 Å². The molecule has 0 aromatic carbocycles. The Kier molecular flexibility index (Phi) is 6.92. The lowest BCUT2D eigenvalue weighted by atomic mass is 10.2. The Morgan fingerprint density at radius 1 is 1.30 bits per heavy atom. The third-order valence-electron chi connectivity index (χ3n) is 2.77. The van der Waals surface area contributed by atoms with Crippen molar-refractivity contribution in [2.24, 2.45) is 5.84 Å². The van der Waals surface area contributed by atoms with Gasteiger partial charge >= 0.3 is 0 Å². The van der Waals surface area contributed by atoms with Crippen molar-refractivity contribution in [2.45, 2.75) is 6.92 Å². The molecule has 1 heterocycles. The van der Waals surface area contributed by atoms with Gasteiger partial charge in [0.25, 0.3) is 5.91 Å². The summed E-state index contributed by atoms with van der Waals surface area (Å²) in [4.78, 5) is 18.3. The molecule has 112 valence electrons. The third-order valence-corrected chi connectivity index (χ3v) is 2.77. The number of hydrogen-bond acceptors (Lipinski definition) is 6. The van der Waals surface area contributed by atoms with Crippen LogP contribution in [-0.2, 0) is 9.47 Å². The molecular formula is C13H22N4O3. The summed E-state index contributed by atoms with van der Waals surface area (Å²) in [5.41, 5.74) is 3.72. The quantitative estimate of drug-likeness (QED) is 0.530. The van der Waals surface area contributed by atoms with Gasteiger partial charge in [0, 0.05) is 38.6 Å². The summed E-state index contributed by atoms with van der Waals surface area (Å²) in [6, 6.07) is 3.36. The smallest absolute Gasteiger partial charge is 0.254 e. The Morgan fingerprint density at radius 3 is 2.40 bits per heavy atom. The highest BCUT2D eigenvalue weighted by molar-refractivity contribution is 5.95. The Bertz CT molecular complexity index is 432. The van der Waals surface area contributed by atoms with E-state index in [-0.39, 0.29) is 5.91 Å². The number of nitrogen functional groups attached to an aromatic ring is 1. The molecule has 0 aliphatic carbocycles. The van der Waals surface area contributed by atoms with Crippen molar-refractivity contribution >= 4 is 11.7 Å². The molecule has 0 bridgehead atoms. The lowest BCUT2D eigenvalue weighted by Crippen LogP contribution is -2.36. The van der Waals surface area contributed by atoms with Gasteiger partial charge in [0.05, 0.1) is 13.2 Å². The van der Waals surface area contributed by atoms with Gasteiger partial charge in [-0.15, -0.1) is 0 Å². The fourth-order valence-corrected chi connectivity index (χ4v) is 1.77. The summed E-state index contributed by atoms with van der Waals surface area (Å²) in [5, 5.41) is 0. The monoisotopic (exact) mass is 282 g/mol. The molecule has 0 radical (unpaired) electrons. The van der Waals surface area contributed by atoms with Crippen LogP contribution in [0, 0.1) is 6.92 Å². The SMILES string of the molecule is COCCN(CCOC)C(=O)c1cc(C)nc(NN)c1. The van der Waals surface area contributed by atoms with Crippen molar-refractivity contribution in [1.29, 1.82) is 0 Å². The van der Waals surface area contributed by atoms with Crippen LogP contribution < -0.4 is 11.3 Å². The summed E-state index contributed by atoms with van der Waals surface area (Å²) in [5.74, 6) is 5.72. The molecule has 0 unspecified atom stereocenters. The molecule has 7 heteroatoms. The number of nitrogens with two attached hydrogens (primary N) is 1. The molecule has 3 N–H and O–H groups in total. The molecule has 1 amide bonds. The van der Waals surface area contributed by atoms with Crippen LogP contribution in [0.4, 0.5) is 5.82 Å². The number of methoxy groups -OCH3 is 2. The van der Waals surface area contributed by atoms with Gasteiger partial charge in [-0.05, 0) is 19.1 Å². The number of carbonyl (C=O) groups is 1. The highest BCUT2D eigenvalue weighted by atomic mass is 16.5. The van der Waals surface area contributed by atoms with Gasteiger partial charge in [-0.25, -0.2) is 10.8 Å². The Labute approximate surface area is 119 Å². The normalized spacial score (nSPS) is 10.4. The number of hydrazine groups is 1. The van der Waals surface area contributed by atoms with Crippen molar-refractivity contribution in [3.63, 3.8) is 0 Å². The maximum absolute atomic E-state index is 12.5. The van der Waals surface area contributed by atoms with Crippen molar-refractivity contribution in [2.75, 3.05) is 45.9 Å². The maximum atomic E-state index is 12.5. The minimum atomic E-state index is -0.0962. The fraction of sp³-hybridized carbons (Fsp3) is 0.538. The summed E-state index contributed by atoms with van der Waals surface area (Å²) in [6.45, 7) is 3.77. The van der Waals surface area contributed by atoms with Gasteiger partial charge in [-0.1, -0.05) is 0 Å². The lowest BCUT2D eigenvalue weighted by molar-refractivity contribution is 0.0627. The molecule has 0 aliphatic rings. The molecule has 1 aromatic rings. The predicted molar refractivity (Wildman–Crippen MR) is 76.4 cm³/mol. The number of carbonyl (C=O) groups excluding carboxylic acids is 1. The molecule has 0 aliphatic heterocycles. The van der Waals surface area contributed by atoms with Crippen LogP contribution in [-0.4, -0.2) is 56.3 Å². The Hall–Kier alpha value is -1.70. The number of nitrogens with zero attached hydrogens (tertiary/aromatic N) is 2. The molecule has 0 saturated heterocycles. The van der Waals surface area contributed by atoms with Crippen molar-refractivity contribution in [3.8, 4) is 0 Å². The first kappa shape index (κ1) is 16.4. The van der Waals surface area contributed by atoms with Gasteiger partial charge in [0.15, 0.2) is 0 Å². The number of rotatable bonds is 8. The van der Waals surface area contributed by atoms with E-state index in [9.17, 15) is 4.79 Å². The second-order valence-corrected chi connectivity index (χ2v) is 4.30. The van der Waals surface area contributed by atoms with Crippen LogP contribution in [0.25, 0.3) is 0 Å². The molecular weight excluding hydrogens is 260 g/mol. The minimum Gasteiger partial charge on any atom is -0.383 e. The number of nitrogens with one attached hydrogen (secondary N) is 1. The standard InChI is InChI=1S/C13H22N4O3/c1-10-8-11(9-12(15-10)16-14)13(18)17(4-6-19-2)5-7-20-3/h8-9H,4-7,14H2,1-3H3,(H,15,16). The molecule has 0 atom stereocenters. The highest BCUT2D eigenvalue weighted by Gasteiger charge is 2.16. The van der Waals surface area contributed by atoms with Crippen LogP contribution in [0.3, 0.4) is 0 Å². The molecule has 0 fully saturated rings. The van der Waals surface area contributed by atoms with E-state index in [2.05, 4.69) is 10.4 Å². The predicted octanol–water partition coefficient (Wildman–Crippen LogP) is 0.411. The largest absolute Gasteiger partial charge is 0.383 e. The lowest BCUT2D eigenvalue weighted by Gasteiger charge is -2.22. The van der Waals surface area contributed by atoms with Gasteiger partial charge in [0.2, 0.25) is 0 Å². The highest BCUT2D eigenvalue weighted by Crippen LogP contribution is 2.12. The number of aromatic nitrogens is 1. The van der Waals surface area contributed by atoms with Gasteiger partial charge in [-0.3, -0.25) is 4.79 Å². The van der Waals surface area contributed by atoms with Crippen LogP contribution in [0.1, 0.15) is 16.1 Å². The van der Waals surface area contributed by atoms with E-state index in [1.54, 1.807) is 31.3 Å². The number of hydrogen-bond donors (Lipinski definition) is 2. The number of anilines is 1. The van der Waals surface area contributed by atoms with Crippen LogP contribution in [0.15, 0.2) is 12.1 Å². The number of amides is 1. The van der Waals surface area contributed by atoms with E-state index < -0.39 is 0 Å². The average Bonchev–Trinajstić information content (AvgIpc) is 2.46. The summed E-state index contributed by atoms with van der Waals surface area (Å²) in [6.07, 6.45) is 0. The third kappa shape index (κ3) is 4.76. The first-order valence-corrected chi connectivity index (χ1v) is 6.34. The van der Waals surface area contributed by atoms with Crippen molar-refractivity contribution in [1.82, 2.24) is 9.88 Å². The van der Waals surface area contributed by atoms with E-state index in [0.717, 1.165) is 5.69 Å². The van der Waals surface area contributed by atoms with E-state index in [1.165, 1.54) is 0 Å². The van der Waals surface area contributed by atoms with Crippen LogP contribution >= 0.6 is 0 Å². The number of pyridine rings is 1. The minimum absolute atomic E-state index is 0.0962. The number of ether oxygens (including phenoxy) is 2. The zero-order valence-electron chi connectivity index (χ0n) is 12.2. The summed E-state index contributed by atoms with van der Waals surface area (Å²) >= 11 is 0. The summed E-state index contributed by atoms with van der Waals surface area (Å²) < 4.78 is 10.1. The van der Waals surface area contributed by atoms with E-state index in [1.807, 2.05) is 6.92 Å². The molecule has 1 rings (SSSR count). The van der Waals surface area contributed by atoms with Crippen LogP contribution in [0.5, 0.6) is 0 Å².